The van der Waals surface area contributed by atoms with Gasteiger partial charge in [0.1, 0.15) is 5.60 Å². The van der Waals surface area contributed by atoms with Crippen LogP contribution in [0, 0.1) is 5.92 Å². The Balaban J connectivity index is 0.00000116. The molecule has 3 aromatic carbocycles. The third kappa shape index (κ3) is 9.37. The number of carbonyl (C=O) groups is 2. The van der Waals surface area contributed by atoms with E-state index in [0.717, 1.165) is 68.1 Å². The molecular formula is C34H45CaNO6. The van der Waals surface area contributed by atoms with Crippen molar-refractivity contribution >= 4 is 49.7 Å². The van der Waals surface area contributed by atoms with E-state index in [9.17, 15) is 20.1 Å². The molecular weight excluding hydrogens is 558 g/mol. The Hall–Kier alpha value is -2.26. The second-order valence-corrected chi connectivity index (χ2v) is 11.3. The van der Waals surface area contributed by atoms with E-state index in [-0.39, 0.29) is 43.7 Å². The molecule has 0 bridgehead atoms. The zero-order valence-electron chi connectivity index (χ0n) is 24.2. The second-order valence-electron chi connectivity index (χ2n) is 11.3. The number of aliphatic carboxylic acids is 2. The van der Waals surface area contributed by atoms with Crippen molar-refractivity contribution in [2.24, 2.45) is 5.92 Å². The van der Waals surface area contributed by atoms with Crippen molar-refractivity contribution in [1.82, 2.24) is 4.90 Å². The average molecular weight is 604 g/mol. The first-order valence-corrected chi connectivity index (χ1v) is 14.2. The van der Waals surface area contributed by atoms with Crippen molar-refractivity contribution in [3.8, 4) is 0 Å². The van der Waals surface area contributed by atoms with Crippen LogP contribution in [0.1, 0.15) is 74.8 Å². The number of carboxylic acids is 2. The first-order chi connectivity index (χ1) is 19.5. The predicted octanol–water partition coefficient (Wildman–Crippen LogP) is 4.69. The van der Waals surface area contributed by atoms with Gasteiger partial charge in [-0.15, -0.1) is 0 Å². The summed E-state index contributed by atoms with van der Waals surface area (Å²) < 4.78 is 0. The van der Waals surface area contributed by atoms with E-state index in [1.807, 2.05) is 72.8 Å². The summed E-state index contributed by atoms with van der Waals surface area (Å²) >= 11 is 0. The average Bonchev–Trinajstić information content (AvgIpc) is 2.97. The molecule has 4 rings (SSSR count). The molecule has 0 saturated carbocycles. The Labute approximate surface area is 279 Å². The first kappa shape index (κ1) is 35.9. The van der Waals surface area contributed by atoms with E-state index in [1.165, 1.54) is 0 Å². The third-order valence-corrected chi connectivity index (χ3v) is 8.11. The van der Waals surface area contributed by atoms with E-state index in [2.05, 4.69) is 4.90 Å². The fourth-order valence-corrected chi connectivity index (χ4v) is 5.52. The summed E-state index contributed by atoms with van der Waals surface area (Å²) in [7, 11) is 0. The van der Waals surface area contributed by atoms with Crippen LogP contribution in [-0.2, 0) is 20.6 Å². The van der Waals surface area contributed by atoms with Crippen LogP contribution < -0.4 is 0 Å². The van der Waals surface area contributed by atoms with Gasteiger partial charge in [-0.05, 0) is 87.3 Å². The van der Waals surface area contributed by atoms with Gasteiger partial charge < -0.3 is 25.3 Å². The molecule has 0 radical (unpaired) electrons. The number of aliphatic hydroxyl groups is 2. The zero-order chi connectivity index (χ0) is 30.0. The molecule has 4 N–H and O–H groups in total. The number of nitrogens with zero attached hydrogens (tertiary/aromatic N) is 1. The standard InChI is InChI=1S/C32H39NO4.C2H4O2.Ca.2H/c1-31(2,30(35)36)25-17-15-24(16-18-25)29(34)14-9-21-33-22-19-28(20-23-33)32(37,26-10-5-3-6-11-26)27-12-7-4-8-13-27;1-2(3)4;;;/h3-8,10-13,15-18,28-29,34,37H,9,14,19-23H2,1-2H3,(H,35,36);1H3,(H,3,4);;;. The van der Waals surface area contributed by atoms with Crippen LogP contribution in [0.2, 0.25) is 0 Å². The molecule has 224 valence electrons. The zero-order valence-corrected chi connectivity index (χ0v) is 24.2. The van der Waals surface area contributed by atoms with Gasteiger partial charge in [-0.3, -0.25) is 9.59 Å². The third-order valence-electron chi connectivity index (χ3n) is 8.11. The fourth-order valence-electron chi connectivity index (χ4n) is 5.52. The van der Waals surface area contributed by atoms with Gasteiger partial charge >= 0.3 is 43.7 Å². The quantitative estimate of drug-likeness (QED) is 0.249. The number of carboxylic acid groups (broad SMARTS) is 2. The molecule has 1 heterocycles. The van der Waals surface area contributed by atoms with E-state index in [1.54, 1.807) is 26.0 Å². The van der Waals surface area contributed by atoms with Gasteiger partial charge in [-0.2, -0.15) is 0 Å². The van der Waals surface area contributed by atoms with Crippen molar-refractivity contribution in [3.63, 3.8) is 0 Å². The molecule has 7 nitrogen and oxygen atoms in total. The van der Waals surface area contributed by atoms with Crippen LogP contribution in [0.5, 0.6) is 0 Å². The second kappa shape index (κ2) is 16.6. The van der Waals surface area contributed by atoms with Gasteiger partial charge in [0, 0.05) is 6.92 Å². The number of hydrogen-bond acceptors (Lipinski definition) is 5. The SMILES string of the molecule is CC(=O)O.CC(C)(C(=O)O)c1ccc(C(O)CCCN2CCC(C(O)(c3ccccc3)c3ccccc3)CC2)cc1.[CaH2]. The summed E-state index contributed by atoms with van der Waals surface area (Å²) in [5, 5.41) is 39.6. The molecule has 0 spiro atoms. The van der Waals surface area contributed by atoms with Crippen LogP contribution >= 0.6 is 0 Å². The molecule has 0 aliphatic carbocycles. The topological polar surface area (TPSA) is 118 Å². The summed E-state index contributed by atoms with van der Waals surface area (Å²) in [4.78, 5) is 22.9. The number of aliphatic hydroxyl groups excluding tert-OH is 1. The molecule has 0 amide bonds. The van der Waals surface area contributed by atoms with Gasteiger partial charge in [-0.1, -0.05) is 84.9 Å². The number of piperidine rings is 1. The van der Waals surface area contributed by atoms with Crippen molar-refractivity contribution in [2.45, 2.75) is 63.6 Å². The summed E-state index contributed by atoms with van der Waals surface area (Å²) in [5.74, 6) is -1.57. The van der Waals surface area contributed by atoms with E-state index >= 15 is 0 Å². The molecule has 1 aliphatic heterocycles. The van der Waals surface area contributed by atoms with Gasteiger partial charge in [-0.25, -0.2) is 0 Å². The molecule has 1 aliphatic rings. The monoisotopic (exact) mass is 603 g/mol. The summed E-state index contributed by atoms with van der Waals surface area (Å²) in [5.41, 5.74) is 1.47. The van der Waals surface area contributed by atoms with Gasteiger partial charge in [0.15, 0.2) is 0 Å². The van der Waals surface area contributed by atoms with E-state index in [0.29, 0.717) is 6.42 Å². The molecule has 1 atom stereocenters. The van der Waals surface area contributed by atoms with Crippen LogP contribution in [0.4, 0.5) is 0 Å². The Morgan fingerprint density at radius 1 is 0.833 bits per heavy atom. The van der Waals surface area contributed by atoms with Crippen molar-refractivity contribution < 1.29 is 30.0 Å². The number of hydrogen-bond donors (Lipinski definition) is 4. The van der Waals surface area contributed by atoms with Gasteiger partial charge in [0.25, 0.3) is 5.97 Å². The Bertz CT molecular complexity index is 1200. The fraction of sp³-hybridized carbons (Fsp3) is 0.412. The maximum absolute atomic E-state index is 12.1. The molecule has 8 heteroatoms. The van der Waals surface area contributed by atoms with Crippen LogP contribution in [-0.4, -0.2) is 94.6 Å². The van der Waals surface area contributed by atoms with Crippen LogP contribution in [0.25, 0.3) is 0 Å². The van der Waals surface area contributed by atoms with Crippen molar-refractivity contribution in [2.75, 3.05) is 19.6 Å². The molecule has 1 saturated heterocycles. The number of rotatable bonds is 10. The minimum absolute atomic E-state index is 0. The molecule has 42 heavy (non-hydrogen) atoms. The van der Waals surface area contributed by atoms with Gasteiger partial charge in [0.2, 0.25) is 0 Å². The van der Waals surface area contributed by atoms with Gasteiger partial charge in [0.05, 0.1) is 11.5 Å². The molecule has 1 fully saturated rings. The van der Waals surface area contributed by atoms with Crippen molar-refractivity contribution in [1.29, 1.82) is 0 Å². The van der Waals surface area contributed by atoms with Crippen molar-refractivity contribution in [3.05, 3.63) is 107 Å². The maximum atomic E-state index is 12.1. The van der Waals surface area contributed by atoms with Crippen LogP contribution in [0.15, 0.2) is 84.9 Å². The Morgan fingerprint density at radius 2 is 1.29 bits per heavy atom. The summed E-state index contributed by atoms with van der Waals surface area (Å²) in [6, 6.07) is 27.3. The predicted molar refractivity (Wildman–Crippen MR) is 168 cm³/mol. The normalized spacial score (nSPS) is 15.1. The molecule has 3 aromatic rings. The Kier molecular flexibility index (Phi) is 14.2. The number of benzene rings is 3. The molecule has 0 aromatic heterocycles. The van der Waals surface area contributed by atoms with E-state index < -0.39 is 29.1 Å². The summed E-state index contributed by atoms with van der Waals surface area (Å²) in [6.45, 7) is 7.20. The number of likely N-dealkylation sites (tertiary alicyclic amines) is 1. The first-order valence-electron chi connectivity index (χ1n) is 14.2. The summed E-state index contributed by atoms with van der Waals surface area (Å²) in [6.07, 6.45) is 2.77. The molecule has 1 unspecified atom stereocenters. The minimum atomic E-state index is -1.01. The van der Waals surface area contributed by atoms with E-state index in [4.69, 9.17) is 9.90 Å². The Morgan fingerprint density at radius 3 is 1.71 bits per heavy atom. The van der Waals surface area contributed by atoms with Crippen LogP contribution in [0.3, 0.4) is 0 Å².